The van der Waals surface area contributed by atoms with Crippen LogP contribution in [0.25, 0.3) is 0 Å². The summed E-state index contributed by atoms with van der Waals surface area (Å²) >= 11 is 0. The fourth-order valence-corrected chi connectivity index (χ4v) is 2.11. The van der Waals surface area contributed by atoms with Crippen LogP contribution >= 0.6 is 0 Å². The van der Waals surface area contributed by atoms with E-state index in [0.717, 1.165) is 18.5 Å². The van der Waals surface area contributed by atoms with Crippen molar-refractivity contribution in [2.75, 3.05) is 0 Å². The molecule has 0 amide bonds. The summed E-state index contributed by atoms with van der Waals surface area (Å²) in [6, 6.07) is 5.01. The summed E-state index contributed by atoms with van der Waals surface area (Å²) in [7, 11) is -0.986. The molecule has 0 radical (unpaired) electrons. The van der Waals surface area contributed by atoms with Gasteiger partial charge in [0.1, 0.15) is 0 Å². The van der Waals surface area contributed by atoms with Crippen LogP contribution in [0.2, 0.25) is 25.7 Å². The lowest BCUT2D eigenvalue weighted by Gasteiger charge is -2.16. The van der Waals surface area contributed by atoms with Crippen LogP contribution in [-0.2, 0) is 6.54 Å². The number of carbonyl (C=O) groups is 1. The van der Waals surface area contributed by atoms with E-state index in [1.54, 1.807) is 0 Å². The van der Waals surface area contributed by atoms with Gasteiger partial charge in [-0.25, -0.2) is 0 Å². The van der Waals surface area contributed by atoms with Gasteiger partial charge in [-0.2, -0.15) is 0 Å². The highest BCUT2D eigenvalue weighted by atomic mass is 28.3. The Labute approximate surface area is 80.6 Å². The third kappa shape index (κ3) is 3.18. The van der Waals surface area contributed by atoms with Crippen molar-refractivity contribution in [3.63, 3.8) is 0 Å². The monoisotopic (exact) mass is 195 g/mol. The van der Waals surface area contributed by atoms with Crippen molar-refractivity contribution in [1.82, 2.24) is 4.57 Å². The van der Waals surface area contributed by atoms with E-state index in [2.05, 4.69) is 19.6 Å². The van der Waals surface area contributed by atoms with Crippen LogP contribution in [0.1, 0.15) is 10.5 Å². The van der Waals surface area contributed by atoms with Crippen molar-refractivity contribution in [2.24, 2.45) is 0 Å². The normalized spacial score (nSPS) is 11.6. The van der Waals surface area contributed by atoms with E-state index >= 15 is 0 Å². The van der Waals surface area contributed by atoms with Gasteiger partial charge >= 0.3 is 0 Å². The second-order valence-corrected chi connectivity index (χ2v) is 10.2. The van der Waals surface area contributed by atoms with Gasteiger partial charge in [0.05, 0.1) is 5.69 Å². The van der Waals surface area contributed by atoms with Crippen molar-refractivity contribution in [3.8, 4) is 0 Å². The quantitative estimate of drug-likeness (QED) is 0.535. The fraction of sp³-hybridized carbons (Fsp3) is 0.500. The fourth-order valence-electron chi connectivity index (χ4n) is 1.19. The maximum Gasteiger partial charge on any atom is 0.166 e. The number of aromatic nitrogens is 1. The molecule has 0 unspecified atom stereocenters. The molecule has 1 rings (SSSR count). The molecular formula is C10H17NOSi. The zero-order valence-electron chi connectivity index (χ0n) is 8.58. The van der Waals surface area contributed by atoms with Crippen LogP contribution in [0.3, 0.4) is 0 Å². The first kappa shape index (κ1) is 10.2. The predicted molar refractivity (Wildman–Crippen MR) is 58.0 cm³/mol. The topological polar surface area (TPSA) is 22.0 Å². The van der Waals surface area contributed by atoms with Gasteiger partial charge in [0, 0.05) is 20.8 Å². The summed E-state index contributed by atoms with van der Waals surface area (Å²) in [5.41, 5.74) is 0.790. The van der Waals surface area contributed by atoms with E-state index in [-0.39, 0.29) is 0 Å². The molecule has 0 saturated heterocycles. The highest BCUT2D eigenvalue weighted by Gasteiger charge is 2.12. The molecule has 1 heterocycles. The molecule has 0 aliphatic heterocycles. The van der Waals surface area contributed by atoms with E-state index < -0.39 is 8.07 Å². The Kier molecular flexibility index (Phi) is 3.09. The van der Waals surface area contributed by atoms with Gasteiger partial charge in [-0.15, -0.1) is 0 Å². The van der Waals surface area contributed by atoms with Gasteiger partial charge in [-0.3, -0.25) is 4.79 Å². The molecule has 0 aliphatic carbocycles. The van der Waals surface area contributed by atoms with Gasteiger partial charge in [0.2, 0.25) is 0 Å². The maximum atomic E-state index is 10.6. The molecule has 1 aromatic heterocycles. The Balaban J connectivity index is 2.59. The Morgan fingerprint density at radius 3 is 2.69 bits per heavy atom. The first-order valence-electron chi connectivity index (χ1n) is 4.63. The lowest BCUT2D eigenvalue weighted by molar-refractivity contribution is 0.111. The standard InChI is InChI=1S/C10H17NOSi/c1-13(2,3)8-7-11-6-4-5-10(11)9-12/h4-6,9H,7-8H2,1-3H3. The second kappa shape index (κ2) is 3.92. The van der Waals surface area contributed by atoms with E-state index in [9.17, 15) is 4.79 Å². The van der Waals surface area contributed by atoms with Gasteiger partial charge < -0.3 is 4.57 Å². The second-order valence-electron chi connectivity index (χ2n) is 4.55. The Morgan fingerprint density at radius 2 is 2.15 bits per heavy atom. The average Bonchev–Trinajstić information content (AvgIpc) is 2.46. The summed E-state index contributed by atoms with van der Waals surface area (Å²) in [6.45, 7) is 8.02. The van der Waals surface area contributed by atoms with Crippen LogP contribution < -0.4 is 0 Å². The van der Waals surface area contributed by atoms with Crippen molar-refractivity contribution in [3.05, 3.63) is 24.0 Å². The van der Waals surface area contributed by atoms with Crippen LogP contribution in [0.15, 0.2) is 18.3 Å². The average molecular weight is 195 g/mol. The summed E-state index contributed by atoms with van der Waals surface area (Å²) < 4.78 is 2.03. The molecule has 0 aromatic carbocycles. The van der Waals surface area contributed by atoms with Gasteiger partial charge in [-0.05, 0) is 18.2 Å². The highest BCUT2D eigenvalue weighted by Crippen LogP contribution is 2.11. The summed E-state index contributed by atoms with van der Waals surface area (Å²) in [5, 5.41) is 0. The van der Waals surface area contributed by atoms with Crippen molar-refractivity contribution in [1.29, 1.82) is 0 Å². The SMILES string of the molecule is C[Si](C)(C)CCn1cccc1C=O. The molecule has 0 saturated carbocycles. The van der Waals surface area contributed by atoms with Crippen LogP contribution in [0, 0.1) is 0 Å². The molecule has 0 atom stereocenters. The van der Waals surface area contributed by atoms with E-state index in [0.29, 0.717) is 0 Å². The smallest absolute Gasteiger partial charge is 0.166 e. The molecular weight excluding hydrogens is 178 g/mol. The number of carbonyl (C=O) groups excluding carboxylic acids is 1. The van der Waals surface area contributed by atoms with Crippen LogP contribution in [0.4, 0.5) is 0 Å². The van der Waals surface area contributed by atoms with Crippen LogP contribution in [-0.4, -0.2) is 18.9 Å². The number of aryl methyl sites for hydroxylation is 1. The van der Waals surface area contributed by atoms with Gasteiger partial charge in [-0.1, -0.05) is 19.6 Å². The summed E-state index contributed by atoms with van der Waals surface area (Å²) in [4.78, 5) is 10.6. The zero-order chi connectivity index (χ0) is 9.90. The molecule has 0 bridgehead atoms. The van der Waals surface area contributed by atoms with E-state index in [1.165, 1.54) is 6.04 Å². The van der Waals surface area contributed by atoms with Gasteiger partial charge in [0.25, 0.3) is 0 Å². The number of hydrogen-bond donors (Lipinski definition) is 0. The lowest BCUT2D eigenvalue weighted by atomic mass is 10.5. The molecule has 0 aliphatic rings. The van der Waals surface area contributed by atoms with Crippen molar-refractivity contribution >= 4 is 14.4 Å². The zero-order valence-corrected chi connectivity index (χ0v) is 9.58. The molecule has 3 heteroatoms. The molecule has 13 heavy (non-hydrogen) atoms. The number of nitrogens with zero attached hydrogens (tertiary/aromatic N) is 1. The number of hydrogen-bond acceptors (Lipinski definition) is 1. The molecule has 1 aromatic rings. The minimum absolute atomic E-state index is 0.790. The van der Waals surface area contributed by atoms with Crippen molar-refractivity contribution in [2.45, 2.75) is 32.2 Å². The van der Waals surface area contributed by atoms with Gasteiger partial charge in [0.15, 0.2) is 6.29 Å². The molecule has 0 spiro atoms. The number of rotatable bonds is 4. The van der Waals surface area contributed by atoms with Crippen LogP contribution in [0.5, 0.6) is 0 Å². The molecule has 0 N–H and O–H groups in total. The van der Waals surface area contributed by atoms with E-state index in [4.69, 9.17) is 0 Å². The minimum Gasteiger partial charge on any atom is -0.346 e. The number of aldehydes is 1. The molecule has 0 fully saturated rings. The molecule has 72 valence electrons. The largest absolute Gasteiger partial charge is 0.346 e. The Hall–Kier alpha value is -0.833. The van der Waals surface area contributed by atoms with Crippen molar-refractivity contribution < 1.29 is 4.79 Å². The summed E-state index contributed by atoms with van der Waals surface area (Å²) in [5.74, 6) is 0. The Bertz CT molecular complexity index is 285. The summed E-state index contributed by atoms with van der Waals surface area (Å²) in [6.07, 6.45) is 2.90. The third-order valence-corrected chi connectivity index (χ3v) is 3.81. The third-order valence-electron chi connectivity index (χ3n) is 2.09. The minimum atomic E-state index is -0.986. The van der Waals surface area contributed by atoms with E-state index in [1.807, 2.05) is 22.9 Å². The lowest BCUT2D eigenvalue weighted by Crippen LogP contribution is -2.22. The Morgan fingerprint density at radius 1 is 1.46 bits per heavy atom. The molecule has 2 nitrogen and oxygen atoms in total. The maximum absolute atomic E-state index is 10.6. The first-order chi connectivity index (χ1) is 6.03. The first-order valence-corrected chi connectivity index (χ1v) is 8.34. The highest BCUT2D eigenvalue weighted by molar-refractivity contribution is 6.76. The predicted octanol–water partition coefficient (Wildman–Crippen LogP) is 2.64.